The molecule has 1 atom stereocenters. The minimum absolute atomic E-state index is 0. The molecule has 1 aromatic rings. The van der Waals surface area contributed by atoms with E-state index in [0.29, 0.717) is 0 Å². The quantitative estimate of drug-likeness (QED) is 0.505. The average molecular weight is 223 g/mol. The Bertz CT molecular complexity index is 358. The number of hydrogen-bond donors (Lipinski definition) is 0. The Hall–Kier alpha value is -0.0257. The van der Waals surface area contributed by atoms with E-state index >= 15 is 0 Å². The first kappa shape index (κ1) is 11.1. The van der Waals surface area contributed by atoms with E-state index in [1.807, 2.05) is 0 Å². The predicted octanol–water partition coefficient (Wildman–Crippen LogP) is 3.48. The summed E-state index contributed by atoms with van der Waals surface area (Å²) in [6.07, 6.45) is 7.71. The largest absolute Gasteiger partial charge is 0.241 e. The van der Waals surface area contributed by atoms with Gasteiger partial charge in [-0.15, -0.1) is 10.9 Å². The first-order valence-electron chi connectivity index (χ1n) is 4.22. The summed E-state index contributed by atoms with van der Waals surface area (Å²) in [6.45, 7) is 4.33. The van der Waals surface area contributed by atoms with Gasteiger partial charge in [0.15, 0.2) is 0 Å². The third kappa shape index (κ3) is 2.26. The zero-order valence-corrected chi connectivity index (χ0v) is 10.5. The van der Waals surface area contributed by atoms with Crippen LogP contribution in [0.25, 0.3) is 5.57 Å². The molecular formula is C11H12PTi-. The summed E-state index contributed by atoms with van der Waals surface area (Å²) in [5.41, 5.74) is 2.84. The van der Waals surface area contributed by atoms with Crippen molar-refractivity contribution in [2.24, 2.45) is 0 Å². The van der Waals surface area contributed by atoms with E-state index in [9.17, 15) is 0 Å². The molecule has 1 heterocycles. The van der Waals surface area contributed by atoms with Crippen molar-refractivity contribution >= 4 is 13.8 Å². The Kier molecular flexibility index (Phi) is 3.79. The topological polar surface area (TPSA) is 0 Å². The molecule has 0 aromatic carbocycles. The molecule has 0 saturated heterocycles. The molecule has 0 radical (unpaired) electrons. The molecule has 0 amide bonds. The maximum absolute atomic E-state index is 3.38. The maximum atomic E-state index is 3.38. The van der Waals surface area contributed by atoms with Gasteiger partial charge in [0.2, 0.25) is 0 Å². The molecule has 1 aliphatic carbocycles. The molecule has 0 N–H and O–H groups in total. The summed E-state index contributed by atoms with van der Waals surface area (Å²) in [6, 6.07) is 3.38. The van der Waals surface area contributed by atoms with Gasteiger partial charge >= 0.3 is 0 Å². The molecule has 0 aliphatic heterocycles. The minimum atomic E-state index is 0. The van der Waals surface area contributed by atoms with Gasteiger partial charge in [-0.1, -0.05) is 32.1 Å². The van der Waals surface area contributed by atoms with Gasteiger partial charge in [0.25, 0.3) is 0 Å². The van der Waals surface area contributed by atoms with Gasteiger partial charge in [0, 0.05) is 21.7 Å². The molecule has 0 fully saturated rings. The van der Waals surface area contributed by atoms with Crippen molar-refractivity contribution in [2.75, 3.05) is 0 Å². The molecular weight excluding hydrogens is 211 g/mol. The Morgan fingerprint density at radius 2 is 2.15 bits per heavy atom. The van der Waals surface area contributed by atoms with Gasteiger partial charge in [-0.05, 0) is 6.42 Å². The van der Waals surface area contributed by atoms with Crippen molar-refractivity contribution in [2.45, 2.75) is 20.3 Å². The van der Waals surface area contributed by atoms with E-state index in [2.05, 4.69) is 38.1 Å². The van der Waals surface area contributed by atoms with Crippen molar-refractivity contribution in [3.8, 4) is 0 Å². The summed E-state index contributed by atoms with van der Waals surface area (Å²) in [5, 5.41) is 2.92. The first-order chi connectivity index (χ1) is 5.77. The second-order valence-corrected chi connectivity index (χ2v) is 4.70. The second kappa shape index (κ2) is 4.46. The summed E-state index contributed by atoms with van der Waals surface area (Å²) in [5.74, 6) is 0. The average Bonchev–Trinajstić information content (AvgIpc) is 2.58. The Balaban J connectivity index is 0.000000845. The van der Waals surface area contributed by atoms with Crippen molar-refractivity contribution in [1.82, 2.24) is 0 Å². The number of hydrogen-bond acceptors (Lipinski definition) is 0. The van der Waals surface area contributed by atoms with Gasteiger partial charge < -0.3 is 0 Å². The fourth-order valence-electron chi connectivity index (χ4n) is 1.61. The van der Waals surface area contributed by atoms with Crippen LogP contribution in [0, 0.1) is 19.9 Å². The van der Waals surface area contributed by atoms with Gasteiger partial charge in [-0.25, -0.2) is 19.8 Å². The van der Waals surface area contributed by atoms with Gasteiger partial charge in [-0.2, -0.15) is 5.30 Å². The van der Waals surface area contributed by atoms with E-state index in [0.717, 1.165) is 14.6 Å². The van der Waals surface area contributed by atoms with Crippen LogP contribution in [-0.4, -0.2) is 0 Å². The molecule has 0 bridgehead atoms. The molecule has 0 nitrogen and oxygen atoms in total. The fourth-order valence-corrected chi connectivity index (χ4v) is 2.83. The molecule has 1 aromatic heterocycles. The van der Waals surface area contributed by atoms with Gasteiger partial charge in [-0.3, -0.25) is 0 Å². The van der Waals surface area contributed by atoms with Crippen LogP contribution < -0.4 is 0 Å². The number of allylic oxidation sites excluding steroid dienone is 4. The summed E-state index contributed by atoms with van der Waals surface area (Å²) in [7, 11) is 0.865. The molecule has 13 heavy (non-hydrogen) atoms. The zero-order valence-electron chi connectivity index (χ0n) is 7.94. The van der Waals surface area contributed by atoms with E-state index in [1.54, 1.807) is 0 Å². The molecule has 66 valence electrons. The molecule has 0 spiro atoms. The van der Waals surface area contributed by atoms with Crippen LogP contribution in [0.5, 0.6) is 0 Å². The Labute approximate surface area is 96.1 Å². The minimum Gasteiger partial charge on any atom is -0.241 e. The van der Waals surface area contributed by atoms with Crippen molar-refractivity contribution in [3.63, 3.8) is 0 Å². The fraction of sp³-hybridized carbons (Fsp3) is 0.273. The van der Waals surface area contributed by atoms with E-state index in [4.69, 9.17) is 0 Å². The molecule has 2 heteroatoms. The van der Waals surface area contributed by atoms with Crippen LogP contribution in [0.3, 0.4) is 0 Å². The van der Waals surface area contributed by atoms with E-state index < -0.39 is 0 Å². The molecule has 2 rings (SSSR count). The zero-order chi connectivity index (χ0) is 8.55. The van der Waals surface area contributed by atoms with Crippen LogP contribution in [-0.2, 0) is 21.7 Å². The van der Waals surface area contributed by atoms with Crippen molar-refractivity contribution < 1.29 is 21.7 Å². The van der Waals surface area contributed by atoms with Crippen LogP contribution in [0.1, 0.15) is 22.6 Å². The third-order valence-electron chi connectivity index (χ3n) is 2.15. The second-order valence-electron chi connectivity index (χ2n) is 3.20. The summed E-state index contributed by atoms with van der Waals surface area (Å²) < 4.78 is 0. The third-order valence-corrected chi connectivity index (χ3v) is 3.60. The van der Waals surface area contributed by atoms with E-state index in [-0.39, 0.29) is 21.7 Å². The SMILES string of the molecule is Cc1[c-]c(C)c(C2=CC=CC2)[pH]1.[Ti]. The Morgan fingerprint density at radius 1 is 1.38 bits per heavy atom. The monoisotopic (exact) mass is 223 g/mol. The molecule has 1 unspecified atom stereocenters. The molecule has 1 aliphatic rings. The normalized spacial score (nSPS) is 14.8. The standard InChI is InChI=1S/C11H12P.Ti/c1-8-7-9(2)12-11(8)10-5-3-4-6-10;/h3-5,12H,6H2,1-2H3;/q-1;. The Morgan fingerprint density at radius 3 is 2.62 bits per heavy atom. The van der Waals surface area contributed by atoms with Crippen LogP contribution >= 0.6 is 8.19 Å². The first-order valence-corrected chi connectivity index (χ1v) is 5.22. The summed E-state index contributed by atoms with van der Waals surface area (Å²) in [4.78, 5) is 0. The van der Waals surface area contributed by atoms with E-state index in [1.165, 1.54) is 21.7 Å². The summed E-state index contributed by atoms with van der Waals surface area (Å²) >= 11 is 0. The van der Waals surface area contributed by atoms with Gasteiger partial charge in [0.1, 0.15) is 0 Å². The predicted molar refractivity (Wildman–Crippen MR) is 56.0 cm³/mol. The van der Waals surface area contributed by atoms with Gasteiger partial charge in [0.05, 0.1) is 0 Å². The number of rotatable bonds is 1. The maximum Gasteiger partial charge on any atom is 0 e. The van der Waals surface area contributed by atoms with Crippen molar-refractivity contribution in [1.29, 1.82) is 0 Å². The van der Waals surface area contributed by atoms with Crippen LogP contribution in [0.15, 0.2) is 18.2 Å². The molecule has 0 saturated carbocycles. The van der Waals surface area contributed by atoms with Crippen LogP contribution in [0.4, 0.5) is 0 Å². The van der Waals surface area contributed by atoms with Crippen LogP contribution in [0.2, 0.25) is 0 Å². The number of aryl methyl sites for hydroxylation is 2. The smallest absolute Gasteiger partial charge is 0 e. The van der Waals surface area contributed by atoms with Crippen molar-refractivity contribution in [3.05, 3.63) is 40.4 Å².